The quantitative estimate of drug-likeness (QED) is 0.651. The molecule has 0 amide bonds. The zero-order valence-electron chi connectivity index (χ0n) is 12.3. The van der Waals surface area contributed by atoms with Gasteiger partial charge in [-0.15, -0.1) is 0 Å². The van der Waals surface area contributed by atoms with E-state index >= 15 is 0 Å². The molecule has 0 fully saturated rings. The highest BCUT2D eigenvalue weighted by atomic mass is 14.3. The summed E-state index contributed by atoms with van der Waals surface area (Å²) in [5.74, 6) is -0.166. The van der Waals surface area contributed by atoms with Crippen LogP contribution in [0.5, 0.6) is 0 Å². The number of benzene rings is 3. The summed E-state index contributed by atoms with van der Waals surface area (Å²) in [5.41, 5.74) is 3.40. The van der Waals surface area contributed by atoms with Gasteiger partial charge in [0.05, 0.1) is 12.0 Å². The smallest absolute Gasteiger partial charge is 0.0821 e. The summed E-state index contributed by atoms with van der Waals surface area (Å²) in [6.07, 6.45) is 0. The molecule has 0 aliphatic heterocycles. The molecule has 0 unspecified atom stereocenters. The van der Waals surface area contributed by atoms with E-state index in [4.69, 9.17) is 0 Å². The van der Waals surface area contributed by atoms with Crippen LogP contribution < -0.4 is 0 Å². The van der Waals surface area contributed by atoms with Crippen LogP contribution in [0.2, 0.25) is 0 Å². The van der Waals surface area contributed by atoms with Crippen LogP contribution in [0.1, 0.15) is 28.5 Å². The van der Waals surface area contributed by atoms with Crippen molar-refractivity contribution in [2.45, 2.75) is 11.8 Å². The number of nitriles is 1. The first-order valence-corrected chi connectivity index (χ1v) is 7.44. The van der Waals surface area contributed by atoms with E-state index < -0.39 is 0 Å². The van der Waals surface area contributed by atoms with Crippen molar-refractivity contribution < 1.29 is 0 Å². The minimum absolute atomic E-state index is 0.0369. The SMILES string of the molecule is N#C[C@@H](c1ccccc1)C(c1ccccc1)c1ccccc1. The van der Waals surface area contributed by atoms with Crippen LogP contribution in [0.25, 0.3) is 0 Å². The van der Waals surface area contributed by atoms with Crippen molar-refractivity contribution in [2.24, 2.45) is 0 Å². The second-order valence-corrected chi connectivity index (χ2v) is 5.32. The molecule has 0 spiro atoms. The first-order chi connectivity index (χ1) is 10.9. The fraction of sp³-hybridized carbons (Fsp3) is 0.0952. The van der Waals surface area contributed by atoms with Gasteiger partial charge in [-0.05, 0) is 16.7 Å². The Kier molecular flexibility index (Phi) is 4.32. The summed E-state index contributed by atoms with van der Waals surface area (Å²) in [6, 6.07) is 33.1. The van der Waals surface area contributed by atoms with E-state index in [0.717, 1.165) is 5.56 Å². The molecule has 0 heterocycles. The van der Waals surface area contributed by atoms with E-state index in [1.54, 1.807) is 0 Å². The Morgan fingerprint density at radius 2 is 0.909 bits per heavy atom. The third-order valence-corrected chi connectivity index (χ3v) is 3.95. The maximum Gasteiger partial charge on any atom is 0.0821 e. The van der Waals surface area contributed by atoms with Crippen LogP contribution >= 0.6 is 0 Å². The lowest BCUT2D eigenvalue weighted by Gasteiger charge is -2.23. The van der Waals surface area contributed by atoms with Crippen LogP contribution in [-0.2, 0) is 0 Å². The fourth-order valence-corrected chi connectivity index (χ4v) is 2.90. The second-order valence-electron chi connectivity index (χ2n) is 5.32. The minimum Gasteiger partial charge on any atom is -0.198 e. The van der Waals surface area contributed by atoms with E-state index in [-0.39, 0.29) is 11.8 Å². The summed E-state index contributed by atoms with van der Waals surface area (Å²) in [4.78, 5) is 0. The van der Waals surface area contributed by atoms with E-state index in [0.29, 0.717) is 0 Å². The number of hydrogen-bond donors (Lipinski definition) is 0. The number of nitrogens with zero attached hydrogens (tertiary/aromatic N) is 1. The molecule has 0 saturated heterocycles. The van der Waals surface area contributed by atoms with Crippen molar-refractivity contribution in [2.75, 3.05) is 0 Å². The van der Waals surface area contributed by atoms with Crippen molar-refractivity contribution in [1.29, 1.82) is 5.26 Å². The average molecular weight is 283 g/mol. The molecule has 0 N–H and O–H groups in total. The molecule has 3 aromatic rings. The van der Waals surface area contributed by atoms with Crippen molar-refractivity contribution in [1.82, 2.24) is 0 Å². The summed E-state index contributed by atoms with van der Waals surface area (Å²) in [7, 11) is 0. The van der Waals surface area contributed by atoms with Crippen LogP contribution in [0.3, 0.4) is 0 Å². The van der Waals surface area contributed by atoms with Crippen LogP contribution in [0, 0.1) is 11.3 Å². The molecule has 0 saturated carbocycles. The van der Waals surface area contributed by atoms with Crippen molar-refractivity contribution in [3.63, 3.8) is 0 Å². The Morgan fingerprint density at radius 3 is 1.27 bits per heavy atom. The molecular formula is C21H17N. The third kappa shape index (κ3) is 2.92. The lowest BCUT2D eigenvalue weighted by atomic mass is 9.78. The van der Waals surface area contributed by atoms with E-state index in [1.807, 2.05) is 66.7 Å². The van der Waals surface area contributed by atoms with Gasteiger partial charge >= 0.3 is 0 Å². The van der Waals surface area contributed by atoms with Gasteiger partial charge in [-0.25, -0.2) is 0 Å². The van der Waals surface area contributed by atoms with Gasteiger partial charge in [-0.1, -0.05) is 91.0 Å². The molecule has 3 aromatic carbocycles. The van der Waals surface area contributed by atoms with E-state index in [9.17, 15) is 5.26 Å². The maximum absolute atomic E-state index is 9.82. The molecule has 106 valence electrons. The first-order valence-electron chi connectivity index (χ1n) is 7.44. The van der Waals surface area contributed by atoms with Crippen molar-refractivity contribution in [3.05, 3.63) is 108 Å². The zero-order valence-corrected chi connectivity index (χ0v) is 12.3. The van der Waals surface area contributed by atoms with Crippen LogP contribution in [-0.4, -0.2) is 0 Å². The lowest BCUT2D eigenvalue weighted by Crippen LogP contribution is -2.11. The molecule has 0 aliphatic rings. The van der Waals surface area contributed by atoms with Crippen LogP contribution in [0.15, 0.2) is 91.0 Å². The summed E-state index contributed by atoms with van der Waals surface area (Å²) < 4.78 is 0. The van der Waals surface area contributed by atoms with Gasteiger partial charge in [0.1, 0.15) is 0 Å². The highest BCUT2D eigenvalue weighted by Gasteiger charge is 2.26. The predicted molar refractivity (Wildman–Crippen MR) is 89.5 cm³/mol. The molecule has 22 heavy (non-hydrogen) atoms. The normalized spacial score (nSPS) is 11.8. The Balaban J connectivity index is 2.11. The summed E-state index contributed by atoms with van der Waals surface area (Å²) >= 11 is 0. The van der Waals surface area contributed by atoms with Gasteiger partial charge in [0, 0.05) is 5.92 Å². The van der Waals surface area contributed by atoms with Crippen molar-refractivity contribution in [3.8, 4) is 6.07 Å². The molecule has 0 aliphatic carbocycles. The Morgan fingerprint density at radius 1 is 0.545 bits per heavy atom. The Labute approximate surface area is 131 Å². The van der Waals surface area contributed by atoms with Gasteiger partial charge < -0.3 is 0 Å². The van der Waals surface area contributed by atoms with Gasteiger partial charge in [0.2, 0.25) is 0 Å². The molecule has 1 heteroatoms. The average Bonchev–Trinajstić information content (AvgIpc) is 2.62. The monoisotopic (exact) mass is 283 g/mol. The van der Waals surface area contributed by atoms with Gasteiger partial charge in [0.15, 0.2) is 0 Å². The Bertz CT molecular complexity index is 703. The summed E-state index contributed by atoms with van der Waals surface area (Å²) in [6.45, 7) is 0. The zero-order chi connectivity index (χ0) is 15.2. The molecule has 0 bridgehead atoms. The third-order valence-electron chi connectivity index (χ3n) is 3.95. The molecule has 3 rings (SSSR count). The minimum atomic E-state index is -0.203. The predicted octanol–water partition coefficient (Wildman–Crippen LogP) is 5.13. The van der Waals surface area contributed by atoms with E-state index in [1.165, 1.54) is 11.1 Å². The van der Waals surface area contributed by atoms with Gasteiger partial charge in [-0.2, -0.15) is 5.26 Å². The van der Waals surface area contributed by atoms with Crippen molar-refractivity contribution >= 4 is 0 Å². The fourth-order valence-electron chi connectivity index (χ4n) is 2.90. The molecule has 1 nitrogen and oxygen atoms in total. The number of rotatable bonds is 4. The highest BCUT2D eigenvalue weighted by Crippen LogP contribution is 2.37. The van der Waals surface area contributed by atoms with Crippen LogP contribution in [0.4, 0.5) is 0 Å². The maximum atomic E-state index is 9.82. The molecular weight excluding hydrogens is 266 g/mol. The second kappa shape index (κ2) is 6.74. The molecule has 0 aromatic heterocycles. The first kappa shape index (κ1) is 14.1. The van der Waals surface area contributed by atoms with E-state index in [2.05, 4.69) is 30.3 Å². The largest absolute Gasteiger partial charge is 0.198 e. The summed E-state index contributed by atoms with van der Waals surface area (Å²) in [5, 5.41) is 9.82. The molecule has 0 radical (unpaired) electrons. The topological polar surface area (TPSA) is 23.8 Å². The standard InChI is InChI=1S/C21H17N/c22-16-20(17-10-4-1-5-11-17)21(18-12-6-2-7-13-18)19-14-8-3-9-15-19/h1-15,20-21H/t20-/m0/s1. The van der Waals surface area contributed by atoms with Gasteiger partial charge in [-0.3, -0.25) is 0 Å². The number of hydrogen-bond acceptors (Lipinski definition) is 1. The lowest BCUT2D eigenvalue weighted by molar-refractivity contribution is 0.726. The Hall–Kier alpha value is -2.85. The highest BCUT2D eigenvalue weighted by molar-refractivity contribution is 5.41. The van der Waals surface area contributed by atoms with Gasteiger partial charge in [0.25, 0.3) is 0 Å². The molecule has 1 atom stereocenters.